The fourth-order valence-corrected chi connectivity index (χ4v) is 4.91. The molecule has 4 unspecified atom stereocenters. The molecule has 2 N–H and O–H groups in total. The Kier molecular flexibility index (Phi) is 10.8. The smallest absolute Gasteiger partial charge is 0.338 e. The topological polar surface area (TPSA) is 135 Å². The van der Waals surface area contributed by atoms with Crippen molar-refractivity contribution in [2.24, 2.45) is 0 Å². The van der Waals surface area contributed by atoms with E-state index in [4.69, 9.17) is 14.2 Å². The van der Waals surface area contributed by atoms with Crippen LogP contribution in [0.4, 0.5) is 0 Å². The van der Waals surface area contributed by atoms with Gasteiger partial charge in [-0.2, -0.15) is 0 Å². The van der Waals surface area contributed by atoms with E-state index < -0.39 is 42.1 Å². The van der Waals surface area contributed by atoms with Crippen LogP contribution in [0.1, 0.15) is 27.9 Å². The number of aliphatic hydroxyl groups is 1. The van der Waals surface area contributed by atoms with Crippen molar-refractivity contribution in [1.29, 1.82) is 0 Å². The standard InChI is InChI=1S/C32H37N3O8/c1-34(2)28(37)13-12-22-10-7-11-23(16-22)32(40)43-27-19-24(18-26-29(27)42-20-41-26)31(39)35(3)25(30(38)33-14-15-36)17-21-8-5-4-6-9-21/h4-13,16,18,25-27,29,36H,14-15,17,19-20H2,1-3H3,(H,33,38). The van der Waals surface area contributed by atoms with Gasteiger partial charge in [-0.05, 0) is 35.4 Å². The van der Waals surface area contributed by atoms with Gasteiger partial charge >= 0.3 is 5.97 Å². The highest BCUT2D eigenvalue weighted by Crippen LogP contribution is 2.32. The van der Waals surface area contributed by atoms with Crippen molar-refractivity contribution >= 4 is 29.8 Å². The van der Waals surface area contributed by atoms with E-state index in [1.54, 1.807) is 57.6 Å². The van der Waals surface area contributed by atoms with E-state index in [1.807, 2.05) is 30.3 Å². The average molecular weight is 592 g/mol. The fraction of sp³-hybridized carbons (Fsp3) is 0.375. The number of nitrogens with zero attached hydrogens (tertiary/aromatic N) is 2. The molecule has 1 aliphatic heterocycles. The second-order valence-electron chi connectivity index (χ2n) is 10.5. The summed E-state index contributed by atoms with van der Waals surface area (Å²) in [4.78, 5) is 54.7. The number of likely N-dealkylation sites (N-methyl/N-ethyl adjacent to an activating group) is 2. The van der Waals surface area contributed by atoms with E-state index in [-0.39, 0.29) is 44.3 Å². The summed E-state index contributed by atoms with van der Waals surface area (Å²) in [6.07, 6.45) is 2.99. The number of hydrogen-bond donors (Lipinski definition) is 2. The number of carbonyl (C=O) groups excluding carboxylic acids is 4. The molecule has 1 heterocycles. The van der Waals surface area contributed by atoms with Gasteiger partial charge in [-0.1, -0.05) is 42.5 Å². The largest absolute Gasteiger partial charge is 0.456 e. The lowest BCUT2D eigenvalue weighted by Gasteiger charge is -2.33. The molecule has 3 amide bonds. The van der Waals surface area contributed by atoms with Gasteiger partial charge in [-0.3, -0.25) is 14.4 Å². The fourth-order valence-electron chi connectivity index (χ4n) is 4.91. The SMILES string of the molecule is CN(C)C(=O)C=Cc1cccc(C(=O)OC2CC(C(=O)N(C)C(Cc3ccccc3)C(=O)NCCO)=CC3OCOC32)c1. The van der Waals surface area contributed by atoms with Crippen LogP contribution in [-0.4, -0.2) is 104 Å². The lowest BCUT2D eigenvalue weighted by atomic mass is 9.90. The van der Waals surface area contributed by atoms with E-state index in [1.165, 1.54) is 15.9 Å². The number of nitrogens with one attached hydrogen (secondary N) is 1. The second-order valence-corrected chi connectivity index (χ2v) is 10.5. The zero-order chi connectivity index (χ0) is 30.9. The first-order valence-electron chi connectivity index (χ1n) is 14.0. The highest BCUT2D eigenvalue weighted by atomic mass is 16.7. The number of hydrogen-bond acceptors (Lipinski definition) is 8. The van der Waals surface area contributed by atoms with Crippen LogP contribution in [0.3, 0.4) is 0 Å². The molecule has 1 fully saturated rings. The molecule has 2 aromatic carbocycles. The first-order valence-corrected chi connectivity index (χ1v) is 14.0. The molecule has 0 radical (unpaired) electrons. The summed E-state index contributed by atoms with van der Waals surface area (Å²) in [6.45, 7) is -0.185. The molecule has 43 heavy (non-hydrogen) atoms. The molecule has 0 bridgehead atoms. The lowest BCUT2D eigenvalue weighted by Crippen LogP contribution is -2.51. The van der Waals surface area contributed by atoms with Crippen molar-refractivity contribution in [3.05, 3.63) is 89.0 Å². The maximum atomic E-state index is 13.8. The first-order chi connectivity index (χ1) is 20.7. The number of rotatable bonds is 11. The number of carbonyl (C=O) groups is 4. The van der Waals surface area contributed by atoms with Gasteiger partial charge in [-0.15, -0.1) is 0 Å². The van der Waals surface area contributed by atoms with E-state index >= 15 is 0 Å². The maximum absolute atomic E-state index is 13.8. The Hall–Kier alpha value is -4.32. The number of fused-ring (bicyclic) bond motifs is 1. The van der Waals surface area contributed by atoms with Crippen LogP contribution >= 0.6 is 0 Å². The Bertz CT molecular complexity index is 1370. The number of benzene rings is 2. The van der Waals surface area contributed by atoms with Crippen molar-refractivity contribution < 1.29 is 38.5 Å². The third-order valence-electron chi connectivity index (χ3n) is 7.29. The highest BCUT2D eigenvalue weighted by molar-refractivity contribution is 5.97. The summed E-state index contributed by atoms with van der Waals surface area (Å²) in [5, 5.41) is 11.9. The second kappa shape index (κ2) is 14.7. The predicted molar refractivity (Wildman–Crippen MR) is 157 cm³/mol. The van der Waals surface area contributed by atoms with Gasteiger partial charge in [0.2, 0.25) is 17.7 Å². The summed E-state index contributed by atoms with van der Waals surface area (Å²) in [5.41, 5.74) is 2.12. The molecule has 11 nitrogen and oxygen atoms in total. The molecular weight excluding hydrogens is 554 g/mol. The molecule has 11 heteroatoms. The zero-order valence-corrected chi connectivity index (χ0v) is 24.5. The quantitative estimate of drug-likeness (QED) is 0.297. The Labute approximate surface area is 250 Å². The van der Waals surface area contributed by atoms with Crippen molar-refractivity contribution in [2.45, 2.75) is 37.2 Å². The molecule has 4 atom stereocenters. The molecule has 0 saturated carbocycles. The minimum absolute atomic E-state index is 0.0163. The van der Waals surface area contributed by atoms with E-state index in [9.17, 15) is 24.3 Å². The zero-order valence-electron chi connectivity index (χ0n) is 24.5. The van der Waals surface area contributed by atoms with E-state index in [2.05, 4.69) is 5.32 Å². The molecule has 1 aliphatic carbocycles. The summed E-state index contributed by atoms with van der Waals surface area (Å²) in [5.74, 6) is -1.60. The predicted octanol–water partition coefficient (Wildman–Crippen LogP) is 1.56. The third kappa shape index (κ3) is 8.16. The Morgan fingerprint density at radius 3 is 2.56 bits per heavy atom. The van der Waals surface area contributed by atoms with Crippen LogP contribution in [0.25, 0.3) is 6.08 Å². The summed E-state index contributed by atoms with van der Waals surface area (Å²) < 4.78 is 17.2. The van der Waals surface area contributed by atoms with Crippen LogP contribution in [-0.2, 0) is 35.0 Å². The minimum atomic E-state index is -0.850. The monoisotopic (exact) mass is 591 g/mol. The van der Waals surface area contributed by atoms with Crippen LogP contribution in [0.5, 0.6) is 0 Å². The summed E-state index contributed by atoms with van der Waals surface area (Å²) in [6, 6.07) is 15.1. The normalized spacial score (nSPS) is 20.1. The average Bonchev–Trinajstić information content (AvgIpc) is 3.50. The molecular formula is C32H37N3O8. The maximum Gasteiger partial charge on any atom is 0.338 e. The Balaban J connectivity index is 1.50. The van der Waals surface area contributed by atoms with Gasteiger partial charge < -0.3 is 34.4 Å². The van der Waals surface area contributed by atoms with Crippen molar-refractivity contribution in [3.63, 3.8) is 0 Å². The number of ether oxygens (including phenoxy) is 3. The number of amides is 3. The molecule has 0 aromatic heterocycles. The van der Waals surface area contributed by atoms with Crippen molar-refractivity contribution in [2.75, 3.05) is 41.1 Å². The van der Waals surface area contributed by atoms with Crippen molar-refractivity contribution in [3.8, 4) is 0 Å². The van der Waals surface area contributed by atoms with Gasteiger partial charge in [0.15, 0.2) is 0 Å². The molecule has 228 valence electrons. The van der Waals surface area contributed by atoms with Gasteiger partial charge in [0.1, 0.15) is 31.1 Å². The molecule has 0 spiro atoms. The van der Waals surface area contributed by atoms with Crippen LogP contribution < -0.4 is 5.32 Å². The Morgan fingerprint density at radius 1 is 1.07 bits per heavy atom. The molecule has 2 aromatic rings. The van der Waals surface area contributed by atoms with Gasteiger partial charge in [0.05, 0.1) is 12.2 Å². The van der Waals surface area contributed by atoms with Gasteiger partial charge in [0, 0.05) is 52.2 Å². The van der Waals surface area contributed by atoms with Crippen LogP contribution in [0, 0.1) is 0 Å². The van der Waals surface area contributed by atoms with E-state index in [0.29, 0.717) is 11.1 Å². The number of aliphatic hydroxyl groups excluding tert-OH is 1. The third-order valence-corrected chi connectivity index (χ3v) is 7.29. The minimum Gasteiger partial charge on any atom is -0.456 e. The summed E-state index contributed by atoms with van der Waals surface area (Å²) in [7, 11) is 4.84. The molecule has 4 rings (SSSR count). The van der Waals surface area contributed by atoms with E-state index in [0.717, 1.165) is 5.56 Å². The van der Waals surface area contributed by atoms with Gasteiger partial charge in [-0.25, -0.2) is 4.79 Å². The summed E-state index contributed by atoms with van der Waals surface area (Å²) >= 11 is 0. The Morgan fingerprint density at radius 2 is 1.84 bits per heavy atom. The first kappa shape index (κ1) is 31.6. The molecule has 1 saturated heterocycles. The molecule has 2 aliphatic rings. The lowest BCUT2D eigenvalue weighted by molar-refractivity contribution is -0.137. The van der Waals surface area contributed by atoms with Crippen molar-refractivity contribution in [1.82, 2.24) is 15.1 Å². The highest BCUT2D eigenvalue weighted by Gasteiger charge is 2.43. The van der Waals surface area contributed by atoms with Crippen LogP contribution in [0.15, 0.2) is 72.3 Å². The van der Waals surface area contributed by atoms with Crippen LogP contribution in [0.2, 0.25) is 0 Å². The van der Waals surface area contributed by atoms with Gasteiger partial charge in [0.25, 0.3) is 0 Å². The number of esters is 1.